The van der Waals surface area contributed by atoms with Gasteiger partial charge in [-0.05, 0) is 37.1 Å². The van der Waals surface area contributed by atoms with Crippen LogP contribution >= 0.6 is 11.6 Å². The van der Waals surface area contributed by atoms with Crippen molar-refractivity contribution in [2.24, 2.45) is 10.2 Å². The molecule has 0 aromatic heterocycles. The number of rotatable bonds is 1. The van der Waals surface area contributed by atoms with Crippen LogP contribution in [-0.4, -0.2) is 22.9 Å². The van der Waals surface area contributed by atoms with Crippen molar-refractivity contribution in [2.75, 3.05) is 4.90 Å². The number of alkyl halides is 1. The van der Waals surface area contributed by atoms with E-state index < -0.39 is 11.0 Å². The Bertz CT molecular complexity index is 643. The fourth-order valence-corrected chi connectivity index (χ4v) is 2.92. The number of nitrogens with zero attached hydrogens (tertiary/aromatic N) is 3. The Balaban J connectivity index is 1.99. The summed E-state index contributed by atoms with van der Waals surface area (Å²) < 4.78 is 0. The second-order valence-electron chi connectivity index (χ2n) is 5.37. The van der Waals surface area contributed by atoms with Gasteiger partial charge in [0.25, 0.3) is 5.91 Å². The summed E-state index contributed by atoms with van der Waals surface area (Å²) in [5.74, 6) is -0.569. The smallest absolute Gasteiger partial charge is 0.264 e. The molecule has 0 bridgehead atoms. The molecule has 1 aromatic carbocycles. The van der Waals surface area contributed by atoms with Gasteiger partial charge in [-0.25, -0.2) is 4.90 Å². The van der Waals surface area contributed by atoms with Crippen LogP contribution < -0.4 is 4.90 Å². The van der Waals surface area contributed by atoms with Gasteiger partial charge in [-0.2, -0.15) is 10.2 Å². The molecule has 20 heavy (non-hydrogen) atoms. The normalized spacial score (nSPS) is 28.9. The molecule has 2 amide bonds. The van der Waals surface area contributed by atoms with E-state index in [1.165, 1.54) is 4.90 Å². The molecule has 1 aromatic rings. The minimum absolute atomic E-state index is 0.0471. The van der Waals surface area contributed by atoms with E-state index in [9.17, 15) is 9.59 Å². The van der Waals surface area contributed by atoms with E-state index in [1.807, 2.05) is 26.0 Å². The average Bonchev–Trinajstić information content (AvgIpc) is 2.86. The van der Waals surface area contributed by atoms with Crippen LogP contribution in [0.25, 0.3) is 0 Å². The molecule has 0 aliphatic carbocycles. The van der Waals surface area contributed by atoms with Crippen LogP contribution in [0.5, 0.6) is 0 Å². The number of azo groups is 1. The molecule has 1 spiro atoms. The maximum absolute atomic E-state index is 12.6. The lowest BCUT2D eigenvalue weighted by atomic mass is 9.95. The minimum atomic E-state index is -1.08. The zero-order valence-corrected chi connectivity index (χ0v) is 12.0. The quantitative estimate of drug-likeness (QED) is 0.454. The van der Waals surface area contributed by atoms with Gasteiger partial charge in [0.15, 0.2) is 5.54 Å². The number of imide groups is 1. The number of hydrogen-bond donors (Lipinski definition) is 0. The summed E-state index contributed by atoms with van der Waals surface area (Å²) in [7, 11) is 0. The average molecular weight is 292 g/mol. The summed E-state index contributed by atoms with van der Waals surface area (Å²) in [4.78, 5) is 26.0. The van der Waals surface area contributed by atoms with Gasteiger partial charge in [0, 0.05) is 6.42 Å². The molecular formula is C14H14ClN3O2. The van der Waals surface area contributed by atoms with Gasteiger partial charge in [-0.15, -0.1) is 0 Å². The molecule has 1 fully saturated rings. The number of carbonyl (C=O) groups is 2. The molecular weight excluding hydrogens is 278 g/mol. The summed E-state index contributed by atoms with van der Waals surface area (Å²) in [5, 5.41) is 7.78. The number of benzene rings is 1. The second kappa shape index (κ2) is 4.38. The summed E-state index contributed by atoms with van der Waals surface area (Å²) >= 11 is 5.89. The molecule has 0 unspecified atom stereocenters. The highest BCUT2D eigenvalue weighted by Crippen LogP contribution is 2.40. The standard InChI is InChI=1S/C14H14ClN3O2/c1-8-3-4-10(5-9(8)2)18-12(19)7-14(13(18)20)6-11(15)16-17-14/h3-5,11H,6-7H2,1-2H3/t11-,14+/m1/s1. The Kier molecular flexibility index (Phi) is 2.90. The summed E-state index contributed by atoms with van der Waals surface area (Å²) in [6, 6.07) is 5.52. The van der Waals surface area contributed by atoms with E-state index in [1.54, 1.807) is 6.07 Å². The van der Waals surface area contributed by atoms with Crippen molar-refractivity contribution in [3.63, 3.8) is 0 Å². The van der Waals surface area contributed by atoms with Gasteiger partial charge in [0.1, 0.15) is 5.50 Å². The largest absolute Gasteiger partial charge is 0.274 e. The van der Waals surface area contributed by atoms with E-state index in [0.717, 1.165) is 11.1 Å². The lowest BCUT2D eigenvalue weighted by Gasteiger charge is -2.18. The van der Waals surface area contributed by atoms with Crippen molar-refractivity contribution in [3.8, 4) is 0 Å². The third-order valence-corrected chi connectivity index (χ3v) is 4.17. The zero-order chi connectivity index (χ0) is 14.5. The predicted molar refractivity (Wildman–Crippen MR) is 74.9 cm³/mol. The molecule has 6 heteroatoms. The molecule has 2 aliphatic rings. The molecule has 0 saturated carbocycles. The SMILES string of the molecule is Cc1ccc(N2C(=O)C[C@@]3(C[C@H](Cl)N=N3)C2=O)cc1C. The van der Waals surface area contributed by atoms with Gasteiger partial charge < -0.3 is 0 Å². The summed E-state index contributed by atoms with van der Waals surface area (Å²) in [5.41, 5.74) is 1.14. The molecule has 2 atom stereocenters. The molecule has 3 rings (SSSR count). The van der Waals surface area contributed by atoms with Gasteiger partial charge in [-0.1, -0.05) is 17.7 Å². The molecule has 0 radical (unpaired) electrons. The summed E-state index contributed by atoms with van der Waals surface area (Å²) in [6.07, 6.45) is 0.339. The Hall–Kier alpha value is -1.75. The van der Waals surface area contributed by atoms with E-state index in [4.69, 9.17) is 11.6 Å². The molecule has 2 aliphatic heterocycles. The highest BCUT2D eigenvalue weighted by molar-refractivity contribution is 6.26. The highest BCUT2D eigenvalue weighted by Gasteiger charge is 2.56. The Morgan fingerprint density at radius 3 is 2.65 bits per heavy atom. The second-order valence-corrected chi connectivity index (χ2v) is 5.87. The first-order valence-electron chi connectivity index (χ1n) is 6.44. The first-order chi connectivity index (χ1) is 9.43. The van der Waals surface area contributed by atoms with Crippen molar-refractivity contribution in [1.29, 1.82) is 0 Å². The number of carbonyl (C=O) groups excluding carboxylic acids is 2. The maximum Gasteiger partial charge on any atom is 0.264 e. The third-order valence-electron chi connectivity index (χ3n) is 3.92. The maximum atomic E-state index is 12.6. The van der Waals surface area contributed by atoms with Crippen LogP contribution in [0.3, 0.4) is 0 Å². The van der Waals surface area contributed by atoms with Crippen molar-refractivity contribution < 1.29 is 9.59 Å². The first-order valence-corrected chi connectivity index (χ1v) is 6.87. The number of halogens is 1. The number of amides is 2. The molecule has 0 N–H and O–H groups in total. The van der Waals surface area contributed by atoms with Crippen LogP contribution in [0.4, 0.5) is 5.69 Å². The van der Waals surface area contributed by atoms with Gasteiger partial charge in [0.05, 0.1) is 12.1 Å². The number of hydrogen-bond acceptors (Lipinski definition) is 4. The van der Waals surface area contributed by atoms with E-state index in [-0.39, 0.29) is 18.2 Å². The minimum Gasteiger partial charge on any atom is -0.274 e. The zero-order valence-electron chi connectivity index (χ0n) is 11.3. The monoisotopic (exact) mass is 291 g/mol. The lowest BCUT2D eigenvalue weighted by Crippen LogP contribution is -2.38. The van der Waals surface area contributed by atoms with Gasteiger partial charge >= 0.3 is 0 Å². The van der Waals surface area contributed by atoms with E-state index in [2.05, 4.69) is 10.2 Å². The van der Waals surface area contributed by atoms with Crippen LogP contribution in [0.15, 0.2) is 28.4 Å². The Morgan fingerprint density at radius 2 is 2.05 bits per heavy atom. The first kappa shape index (κ1) is 13.2. The van der Waals surface area contributed by atoms with Crippen molar-refractivity contribution in [3.05, 3.63) is 29.3 Å². The van der Waals surface area contributed by atoms with Crippen LogP contribution in [0.2, 0.25) is 0 Å². The van der Waals surface area contributed by atoms with E-state index in [0.29, 0.717) is 12.1 Å². The van der Waals surface area contributed by atoms with Crippen molar-refractivity contribution in [2.45, 2.75) is 37.7 Å². The Labute approximate surface area is 121 Å². The summed E-state index contributed by atoms with van der Waals surface area (Å²) in [6.45, 7) is 3.93. The molecule has 2 heterocycles. The highest BCUT2D eigenvalue weighted by atomic mass is 35.5. The fourth-order valence-electron chi connectivity index (χ4n) is 2.62. The van der Waals surface area contributed by atoms with Gasteiger partial charge in [-0.3, -0.25) is 9.59 Å². The van der Waals surface area contributed by atoms with Crippen LogP contribution in [0, 0.1) is 13.8 Å². The topological polar surface area (TPSA) is 62.1 Å². The van der Waals surface area contributed by atoms with E-state index >= 15 is 0 Å². The van der Waals surface area contributed by atoms with Crippen LogP contribution in [-0.2, 0) is 9.59 Å². The molecule has 5 nitrogen and oxygen atoms in total. The number of aryl methyl sites for hydroxylation is 2. The fraction of sp³-hybridized carbons (Fsp3) is 0.429. The number of anilines is 1. The molecule has 1 saturated heterocycles. The van der Waals surface area contributed by atoms with Crippen LogP contribution in [0.1, 0.15) is 24.0 Å². The lowest BCUT2D eigenvalue weighted by molar-refractivity contribution is -0.122. The molecule has 104 valence electrons. The Morgan fingerprint density at radius 1 is 1.30 bits per heavy atom. The predicted octanol–water partition coefficient (Wildman–Crippen LogP) is 2.73. The van der Waals surface area contributed by atoms with Crippen molar-refractivity contribution in [1.82, 2.24) is 0 Å². The van der Waals surface area contributed by atoms with Crippen molar-refractivity contribution >= 4 is 29.1 Å². The third kappa shape index (κ3) is 1.85. The van der Waals surface area contributed by atoms with Gasteiger partial charge in [0.2, 0.25) is 5.91 Å².